The van der Waals surface area contributed by atoms with Gasteiger partial charge in [0.1, 0.15) is 11.3 Å². The van der Waals surface area contributed by atoms with E-state index in [2.05, 4.69) is 57.4 Å². The van der Waals surface area contributed by atoms with E-state index in [0.717, 1.165) is 79.2 Å². The van der Waals surface area contributed by atoms with Crippen molar-refractivity contribution in [3.8, 4) is 28.3 Å². The largest absolute Gasteiger partial charge is 0.383 e. The third-order valence-corrected chi connectivity index (χ3v) is 9.08. The molecular formula is C35H35N7O. The summed E-state index contributed by atoms with van der Waals surface area (Å²) in [5.41, 5.74) is 13.2. The van der Waals surface area contributed by atoms with Crippen molar-refractivity contribution in [3.05, 3.63) is 103 Å². The Balaban J connectivity index is 1.17. The third-order valence-electron chi connectivity index (χ3n) is 9.08. The molecule has 0 unspecified atom stereocenters. The Hall–Kier alpha value is -4.82. The number of pyridine rings is 2. The van der Waals surface area contributed by atoms with Crippen LogP contribution in [0.2, 0.25) is 0 Å². The molecule has 8 heteroatoms. The number of imidazole rings is 1. The number of aromatic nitrogens is 4. The van der Waals surface area contributed by atoms with Gasteiger partial charge in [-0.3, -0.25) is 14.3 Å². The first-order valence-electron chi connectivity index (χ1n) is 14.9. The molecule has 0 radical (unpaired) electrons. The number of piperidine rings is 1. The Labute approximate surface area is 251 Å². The number of nitrogens with two attached hydrogens (primary N) is 1. The highest BCUT2D eigenvalue weighted by molar-refractivity contribution is 5.87. The molecule has 8 nitrogen and oxygen atoms in total. The van der Waals surface area contributed by atoms with Crippen LogP contribution in [0.1, 0.15) is 24.8 Å². The van der Waals surface area contributed by atoms with Crippen molar-refractivity contribution in [2.75, 3.05) is 31.9 Å². The van der Waals surface area contributed by atoms with Crippen molar-refractivity contribution in [3.63, 3.8) is 0 Å². The maximum absolute atomic E-state index is 12.0. The zero-order valence-electron chi connectivity index (χ0n) is 24.2. The molecule has 2 N–H and O–H groups in total. The molecule has 2 fully saturated rings. The second kappa shape index (κ2) is 11.1. The van der Waals surface area contributed by atoms with Crippen molar-refractivity contribution in [1.29, 1.82) is 0 Å². The fraction of sp³-hybridized carbons (Fsp3) is 0.257. The van der Waals surface area contributed by atoms with Crippen molar-refractivity contribution in [2.45, 2.75) is 25.8 Å². The molecule has 0 aliphatic carbocycles. The van der Waals surface area contributed by atoms with Crippen LogP contribution in [0.15, 0.2) is 97.7 Å². The summed E-state index contributed by atoms with van der Waals surface area (Å²) in [6.07, 6.45) is 6.44. The second-order valence-electron chi connectivity index (χ2n) is 11.8. The van der Waals surface area contributed by atoms with E-state index >= 15 is 0 Å². The van der Waals surface area contributed by atoms with Gasteiger partial charge in [0.15, 0.2) is 11.5 Å². The summed E-state index contributed by atoms with van der Waals surface area (Å²) in [6, 6.07) is 26.7. The summed E-state index contributed by atoms with van der Waals surface area (Å²) in [5.74, 6) is 1.20. The zero-order valence-corrected chi connectivity index (χ0v) is 24.2. The molecule has 1 spiro atoms. The van der Waals surface area contributed by atoms with Crippen LogP contribution in [0.25, 0.3) is 39.5 Å². The molecule has 2 aromatic carbocycles. The molecule has 2 aliphatic heterocycles. The summed E-state index contributed by atoms with van der Waals surface area (Å²) in [4.78, 5) is 30.9. The van der Waals surface area contributed by atoms with E-state index in [4.69, 9.17) is 15.7 Å². The smallest absolute Gasteiger partial charge is 0.245 e. The Morgan fingerprint density at radius 2 is 1.67 bits per heavy atom. The summed E-state index contributed by atoms with van der Waals surface area (Å²) in [6.45, 7) is 8.37. The first-order chi connectivity index (χ1) is 21.0. The minimum atomic E-state index is 0.0522. The summed E-state index contributed by atoms with van der Waals surface area (Å²) >= 11 is 0. The maximum Gasteiger partial charge on any atom is 0.245 e. The predicted octanol–water partition coefficient (Wildman–Crippen LogP) is 5.73. The fourth-order valence-corrected chi connectivity index (χ4v) is 6.67. The van der Waals surface area contributed by atoms with Crippen molar-refractivity contribution in [1.82, 2.24) is 29.3 Å². The van der Waals surface area contributed by atoms with E-state index in [9.17, 15) is 4.79 Å². The first-order valence-corrected chi connectivity index (χ1v) is 14.9. The number of nitrogens with zero attached hydrogens (tertiary/aromatic N) is 6. The number of benzene rings is 2. The highest BCUT2D eigenvalue weighted by atomic mass is 16.2. The van der Waals surface area contributed by atoms with E-state index in [1.807, 2.05) is 47.4 Å². The molecule has 1 amide bonds. The van der Waals surface area contributed by atoms with Gasteiger partial charge >= 0.3 is 0 Å². The van der Waals surface area contributed by atoms with E-state index in [1.165, 1.54) is 18.1 Å². The summed E-state index contributed by atoms with van der Waals surface area (Å²) in [5, 5.41) is 0. The number of anilines is 1. The molecule has 0 bridgehead atoms. The summed E-state index contributed by atoms with van der Waals surface area (Å²) in [7, 11) is 0. The minimum absolute atomic E-state index is 0.0522. The minimum Gasteiger partial charge on any atom is -0.383 e. The molecule has 216 valence electrons. The quantitative estimate of drug-likeness (QED) is 0.263. The molecule has 0 saturated carbocycles. The number of nitrogen functional groups attached to an aromatic ring is 1. The maximum atomic E-state index is 12.0. The Morgan fingerprint density at radius 3 is 2.42 bits per heavy atom. The molecule has 3 aromatic heterocycles. The number of fused-ring (bicyclic) bond motifs is 1. The molecule has 2 saturated heterocycles. The van der Waals surface area contributed by atoms with Crippen LogP contribution < -0.4 is 5.73 Å². The van der Waals surface area contributed by atoms with Crippen LogP contribution in [0.4, 0.5) is 5.82 Å². The molecule has 43 heavy (non-hydrogen) atoms. The van der Waals surface area contributed by atoms with E-state index in [1.54, 1.807) is 6.20 Å². The van der Waals surface area contributed by atoms with Crippen molar-refractivity contribution in [2.24, 2.45) is 5.41 Å². The van der Waals surface area contributed by atoms with Crippen LogP contribution in [-0.2, 0) is 11.3 Å². The van der Waals surface area contributed by atoms with Gasteiger partial charge < -0.3 is 10.6 Å². The van der Waals surface area contributed by atoms with Crippen LogP contribution >= 0.6 is 0 Å². The lowest BCUT2D eigenvalue weighted by Crippen LogP contribution is -2.43. The van der Waals surface area contributed by atoms with E-state index in [-0.39, 0.29) is 5.91 Å². The average molecular weight is 570 g/mol. The third kappa shape index (κ3) is 5.19. The number of likely N-dealkylation sites (tertiary alicyclic amines) is 2. The lowest BCUT2D eigenvalue weighted by atomic mass is 9.78. The van der Waals surface area contributed by atoms with Crippen LogP contribution in [-0.4, -0.2) is 61.4 Å². The molecule has 7 rings (SSSR count). The molecule has 2 aliphatic rings. The van der Waals surface area contributed by atoms with Crippen LogP contribution in [0.5, 0.6) is 0 Å². The number of carbonyl (C=O) groups is 1. The summed E-state index contributed by atoms with van der Waals surface area (Å²) < 4.78 is 2.09. The van der Waals surface area contributed by atoms with Gasteiger partial charge in [-0.1, -0.05) is 49.0 Å². The highest BCUT2D eigenvalue weighted by Gasteiger charge is 2.40. The average Bonchev–Trinajstić information content (AvgIpc) is 3.62. The van der Waals surface area contributed by atoms with Crippen molar-refractivity contribution < 1.29 is 4.79 Å². The van der Waals surface area contributed by atoms with Gasteiger partial charge in [0.25, 0.3) is 0 Å². The lowest BCUT2D eigenvalue weighted by molar-refractivity contribution is -0.128. The Morgan fingerprint density at radius 1 is 0.907 bits per heavy atom. The van der Waals surface area contributed by atoms with Gasteiger partial charge in [-0.2, -0.15) is 0 Å². The second-order valence-corrected chi connectivity index (χ2v) is 11.8. The first kappa shape index (κ1) is 27.0. The van der Waals surface area contributed by atoms with E-state index < -0.39 is 0 Å². The van der Waals surface area contributed by atoms with Crippen molar-refractivity contribution >= 4 is 22.9 Å². The van der Waals surface area contributed by atoms with Crippen LogP contribution in [0.3, 0.4) is 0 Å². The van der Waals surface area contributed by atoms with E-state index in [0.29, 0.717) is 17.1 Å². The number of rotatable bonds is 6. The lowest BCUT2D eigenvalue weighted by Gasteiger charge is -2.39. The topological polar surface area (TPSA) is 93.2 Å². The van der Waals surface area contributed by atoms with Gasteiger partial charge in [-0.25, -0.2) is 15.0 Å². The highest BCUT2D eigenvalue weighted by Crippen LogP contribution is 2.41. The molecular weight excluding hydrogens is 534 g/mol. The molecule has 5 heterocycles. The number of hydrogen-bond acceptors (Lipinski definition) is 6. The van der Waals surface area contributed by atoms with Gasteiger partial charge in [0.05, 0.1) is 11.3 Å². The predicted molar refractivity (Wildman–Crippen MR) is 170 cm³/mol. The standard InChI is InChI=1S/C35H35N7O/c1-2-31(43)41-21-17-35(18-22-41)16-20-40(24-35)23-25-10-12-27(13-11-25)42-33(28-9-6-19-37-32(28)36)39-30-15-14-29(38-34(30)42)26-7-4-3-5-8-26/h2-15,19H,1,16-18,20-24H2,(H2,36,37). The normalized spacial score (nSPS) is 16.6. The number of hydrogen-bond donors (Lipinski definition) is 1. The number of carbonyl (C=O) groups excluding carboxylic acids is 1. The number of amides is 1. The Bertz CT molecular complexity index is 1790. The fourth-order valence-electron chi connectivity index (χ4n) is 6.67. The molecule has 0 atom stereocenters. The molecule has 5 aromatic rings. The zero-order chi connectivity index (χ0) is 29.4. The van der Waals surface area contributed by atoms with Crippen LogP contribution in [0, 0.1) is 5.41 Å². The SMILES string of the molecule is C=CC(=O)N1CCC2(CCN(Cc3ccc(-n4c(-c5cccnc5N)nc5ccc(-c6ccccc6)nc54)cc3)C2)CC1. The van der Waals surface area contributed by atoms with Gasteiger partial charge in [-0.05, 0) is 79.3 Å². The Kier molecular flexibility index (Phi) is 6.99. The van der Waals surface area contributed by atoms with Gasteiger partial charge in [0, 0.05) is 43.6 Å². The van der Waals surface area contributed by atoms with Gasteiger partial charge in [-0.15, -0.1) is 0 Å². The monoisotopic (exact) mass is 569 g/mol. The van der Waals surface area contributed by atoms with Gasteiger partial charge in [0.2, 0.25) is 5.91 Å².